The van der Waals surface area contributed by atoms with Crippen LogP contribution in [0.15, 0.2) is 0 Å². The number of hydrogen-bond acceptors (Lipinski definition) is 4. The third kappa shape index (κ3) is 2.46. The summed E-state index contributed by atoms with van der Waals surface area (Å²) < 4.78 is 0. The lowest BCUT2D eigenvalue weighted by molar-refractivity contribution is -0.124. The lowest BCUT2D eigenvalue weighted by Crippen LogP contribution is -2.41. The van der Waals surface area contributed by atoms with Gasteiger partial charge in [0, 0.05) is 5.92 Å². The summed E-state index contributed by atoms with van der Waals surface area (Å²) in [5.74, 6) is -1.65. The van der Waals surface area contributed by atoms with Gasteiger partial charge in [0.2, 0.25) is 11.8 Å². The molecular formula is C7H12BN3O3. The quantitative estimate of drug-likeness (QED) is 0.364. The highest BCUT2D eigenvalue weighted by Crippen LogP contribution is 2.23. The van der Waals surface area contributed by atoms with Crippen LogP contribution in [0.5, 0.6) is 0 Å². The van der Waals surface area contributed by atoms with Gasteiger partial charge < -0.3 is 21.9 Å². The summed E-state index contributed by atoms with van der Waals surface area (Å²) in [5, 5.41) is 11.4. The number of amides is 2. The molecule has 3 unspecified atom stereocenters. The molecule has 1 rings (SSSR count). The van der Waals surface area contributed by atoms with Gasteiger partial charge in [-0.2, -0.15) is 0 Å². The van der Waals surface area contributed by atoms with Crippen LogP contribution in [-0.4, -0.2) is 36.4 Å². The first-order valence-corrected chi connectivity index (χ1v) is 4.20. The molecule has 6 nitrogen and oxygen atoms in total. The predicted octanol–water partition coefficient (Wildman–Crippen LogP) is -2.86. The van der Waals surface area contributed by atoms with Crippen molar-refractivity contribution >= 4 is 19.7 Å². The van der Waals surface area contributed by atoms with Crippen molar-refractivity contribution in [2.24, 2.45) is 17.4 Å². The molecule has 3 atom stereocenters. The molecule has 2 radical (unpaired) electrons. The fourth-order valence-corrected chi connectivity index (χ4v) is 1.45. The number of nitrogens with two attached hydrogens (primary N) is 2. The van der Waals surface area contributed by atoms with E-state index in [1.54, 1.807) is 0 Å². The zero-order valence-electron chi connectivity index (χ0n) is 7.56. The molecule has 0 saturated carbocycles. The summed E-state index contributed by atoms with van der Waals surface area (Å²) in [4.78, 5) is 21.8. The Labute approximate surface area is 82.4 Å². The molecule has 0 spiro atoms. The van der Waals surface area contributed by atoms with Crippen molar-refractivity contribution in [1.29, 1.82) is 0 Å². The molecule has 6 N–H and O–H groups in total. The minimum absolute atomic E-state index is 0.0345. The highest BCUT2D eigenvalue weighted by atomic mass is 16.3. The highest BCUT2D eigenvalue weighted by molar-refractivity contribution is 6.16. The number of rotatable bonds is 3. The average Bonchev–Trinajstić information content (AvgIpc) is 2.24. The second-order valence-corrected chi connectivity index (χ2v) is 3.56. The van der Waals surface area contributed by atoms with E-state index in [9.17, 15) is 14.7 Å². The minimum Gasteiger partial charge on any atom is -0.380 e. The lowest BCUT2D eigenvalue weighted by atomic mass is 9.85. The van der Waals surface area contributed by atoms with E-state index in [4.69, 9.17) is 19.3 Å². The SMILES string of the molecule is [B]C1(O)CC(CC(N)C(N)=O)C(=O)N1. The maximum absolute atomic E-state index is 11.2. The topological polar surface area (TPSA) is 118 Å². The smallest absolute Gasteiger partial charge is 0.234 e. The monoisotopic (exact) mass is 197 g/mol. The zero-order valence-corrected chi connectivity index (χ0v) is 7.56. The molecule has 0 aliphatic carbocycles. The highest BCUT2D eigenvalue weighted by Gasteiger charge is 2.39. The summed E-state index contributed by atoms with van der Waals surface area (Å²) in [6.45, 7) is 0. The minimum atomic E-state index is -1.70. The molecule has 1 saturated heterocycles. The Morgan fingerprint density at radius 1 is 1.86 bits per heavy atom. The maximum Gasteiger partial charge on any atom is 0.234 e. The third-order valence-electron chi connectivity index (χ3n) is 2.17. The largest absolute Gasteiger partial charge is 0.380 e. The number of hydrogen-bond donors (Lipinski definition) is 4. The fraction of sp³-hybridized carbons (Fsp3) is 0.714. The van der Waals surface area contributed by atoms with Crippen LogP contribution in [-0.2, 0) is 9.59 Å². The molecule has 0 aromatic heterocycles. The summed E-state index contributed by atoms with van der Waals surface area (Å²) in [6, 6.07) is -0.889. The molecule has 76 valence electrons. The van der Waals surface area contributed by atoms with Gasteiger partial charge in [-0.05, 0) is 12.8 Å². The van der Waals surface area contributed by atoms with Crippen molar-refractivity contribution in [2.75, 3.05) is 0 Å². The van der Waals surface area contributed by atoms with Crippen LogP contribution in [0.2, 0.25) is 0 Å². The molecule has 1 heterocycles. The van der Waals surface area contributed by atoms with E-state index in [-0.39, 0.29) is 12.8 Å². The fourth-order valence-electron chi connectivity index (χ4n) is 1.45. The van der Waals surface area contributed by atoms with E-state index in [1.165, 1.54) is 0 Å². The Bertz CT molecular complexity index is 269. The van der Waals surface area contributed by atoms with Crippen molar-refractivity contribution < 1.29 is 14.7 Å². The van der Waals surface area contributed by atoms with Gasteiger partial charge in [-0.1, -0.05) is 0 Å². The number of carbonyl (C=O) groups excluding carboxylic acids is 2. The van der Waals surface area contributed by atoms with Crippen LogP contribution in [0.1, 0.15) is 12.8 Å². The van der Waals surface area contributed by atoms with Gasteiger partial charge in [-0.3, -0.25) is 9.59 Å². The second-order valence-electron chi connectivity index (χ2n) is 3.56. The van der Waals surface area contributed by atoms with Crippen LogP contribution < -0.4 is 16.8 Å². The maximum atomic E-state index is 11.2. The van der Waals surface area contributed by atoms with Crippen LogP contribution in [0.3, 0.4) is 0 Å². The van der Waals surface area contributed by atoms with Crippen molar-refractivity contribution in [3.05, 3.63) is 0 Å². The van der Waals surface area contributed by atoms with Crippen molar-refractivity contribution in [2.45, 2.75) is 24.5 Å². The Balaban J connectivity index is 2.55. The van der Waals surface area contributed by atoms with Crippen LogP contribution >= 0.6 is 0 Å². The third-order valence-corrected chi connectivity index (χ3v) is 2.17. The van der Waals surface area contributed by atoms with Gasteiger partial charge in [0.15, 0.2) is 0 Å². The van der Waals surface area contributed by atoms with Gasteiger partial charge in [0.25, 0.3) is 0 Å². The summed E-state index contributed by atoms with van der Waals surface area (Å²) >= 11 is 0. The average molecular weight is 197 g/mol. The zero-order chi connectivity index (χ0) is 10.9. The van der Waals surface area contributed by atoms with Gasteiger partial charge in [0.1, 0.15) is 7.85 Å². The van der Waals surface area contributed by atoms with E-state index in [1.807, 2.05) is 0 Å². The molecule has 0 aromatic rings. The van der Waals surface area contributed by atoms with Crippen molar-refractivity contribution in [3.63, 3.8) is 0 Å². The predicted molar refractivity (Wildman–Crippen MR) is 48.7 cm³/mol. The summed E-state index contributed by atoms with van der Waals surface area (Å²) in [7, 11) is 5.28. The Kier molecular flexibility index (Phi) is 2.82. The molecule has 0 aromatic carbocycles. The van der Waals surface area contributed by atoms with Crippen molar-refractivity contribution in [1.82, 2.24) is 5.32 Å². The molecule has 1 fully saturated rings. The second kappa shape index (κ2) is 3.59. The summed E-state index contributed by atoms with van der Waals surface area (Å²) in [6.07, 6.45) is 0.132. The van der Waals surface area contributed by atoms with Gasteiger partial charge in [-0.15, -0.1) is 0 Å². The van der Waals surface area contributed by atoms with Crippen LogP contribution in [0.25, 0.3) is 0 Å². The number of aliphatic hydroxyl groups is 1. The van der Waals surface area contributed by atoms with Crippen LogP contribution in [0.4, 0.5) is 0 Å². The molecule has 1 aliphatic rings. The molecule has 0 bridgehead atoms. The number of carbonyl (C=O) groups is 2. The van der Waals surface area contributed by atoms with E-state index in [2.05, 4.69) is 5.32 Å². The normalized spacial score (nSPS) is 33.9. The van der Waals surface area contributed by atoms with E-state index < -0.39 is 29.4 Å². The standard InChI is InChI=1S/C7H12BN3O3/c8-7(14)2-3(6(13)11-7)1-4(9)5(10)12/h3-4,14H,1-2,9H2,(H2,10,12)(H,11,13). The van der Waals surface area contributed by atoms with Crippen LogP contribution in [0, 0.1) is 5.92 Å². The van der Waals surface area contributed by atoms with Gasteiger partial charge in [-0.25, -0.2) is 0 Å². The first-order chi connectivity index (χ1) is 6.32. The first-order valence-electron chi connectivity index (χ1n) is 4.20. The molecular weight excluding hydrogens is 185 g/mol. The number of primary amides is 1. The molecule has 7 heteroatoms. The molecule has 14 heavy (non-hydrogen) atoms. The van der Waals surface area contributed by atoms with Gasteiger partial charge >= 0.3 is 0 Å². The van der Waals surface area contributed by atoms with E-state index in [0.717, 1.165) is 0 Å². The lowest BCUT2D eigenvalue weighted by Gasteiger charge is -2.16. The Hall–Kier alpha value is -1.08. The number of nitrogens with one attached hydrogen (secondary N) is 1. The molecule has 2 amide bonds. The Morgan fingerprint density at radius 2 is 2.43 bits per heavy atom. The molecule has 1 aliphatic heterocycles. The van der Waals surface area contributed by atoms with Crippen molar-refractivity contribution in [3.8, 4) is 0 Å². The first kappa shape index (κ1) is 11.0. The van der Waals surface area contributed by atoms with E-state index in [0.29, 0.717) is 0 Å². The van der Waals surface area contributed by atoms with E-state index >= 15 is 0 Å². The summed E-state index contributed by atoms with van der Waals surface area (Å²) in [5.41, 5.74) is 8.61. The van der Waals surface area contributed by atoms with Gasteiger partial charge in [0.05, 0.1) is 11.7 Å². The Morgan fingerprint density at radius 3 is 2.79 bits per heavy atom.